The van der Waals surface area contributed by atoms with E-state index in [2.05, 4.69) is 22.4 Å². The van der Waals surface area contributed by atoms with Crippen LogP contribution in [0, 0.1) is 11.3 Å². The summed E-state index contributed by atoms with van der Waals surface area (Å²) in [4.78, 5) is 14.5. The van der Waals surface area contributed by atoms with E-state index in [1.54, 1.807) is 24.3 Å². The van der Waals surface area contributed by atoms with E-state index in [-0.39, 0.29) is 5.91 Å². The number of hydrogen-bond acceptors (Lipinski definition) is 5. The number of carbonyl (C=O) groups excluding carboxylic acids is 1. The number of ether oxygens (including phenoxy) is 2. The minimum atomic E-state index is -0.0656. The Kier molecular flexibility index (Phi) is 6.51. The standard InChI is InChI=1S/C22H25N3O3/c1-3-27-20-11-17-9-10-25(14-18(17)12-21(20)28-4-2)15-22(26)24-19-7-5-16(13-23)6-8-19/h5-8,11-12H,3-4,9-10,14-15H2,1-2H3,(H,24,26). The SMILES string of the molecule is CCOc1cc2c(cc1OCC)CN(CC(=O)Nc1ccc(C#N)cc1)CC2. The Bertz CT molecular complexity index is 872. The first-order chi connectivity index (χ1) is 13.6. The summed E-state index contributed by atoms with van der Waals surface area (Å²) in [5.41, 5.74) is 3.68. The van der Waals surface area contributed by atoms with Crippen LogP contribution in [0.4, 0.5) is 5.69 Å². The minimum absolute atomic E-state index is 0.0656. The quantitative estimate of drug-likeness (QED) is 0.798. The van der Waals surface area contributed by atoms with Crippen molar-refractivity contribution in [2.24, 2.45) is 0 Å². The van der Waals surface area contributed by atoms with Crippen molar-refractivity contribution >= 4 is 11.6 Å². The van der Waals surface area contributed by atoms with Crippen molar-refractivity contribution < 1.29 is 14.3 Å². The third-order valence-corrected chi connectivity index (χ3v) is 4.62. The van der Waals surface area contributed by atoms with Gasteiger partial charge < -0.3 is 14.8 Å². The van der Waals surface area contributed by atoms with Crippen LogP contribution in [0.15, 0.2) is 36.4 Å². The van der Waals surface area contributed by atoms with Gasteiger partial charge >= 0.3 is 0 Å². The molecule has 0 spiro atoms. The number of amides is 1. The molecule has 1 N–H and O–H groups in total. The van der Waals surface area contributed by atoms with Crippen molar-refractivity contribution in [3.8, 4) is 17.6 Å². The molecule has 0 fully saturated rings. The lowest BCUT2D eigenvalue weighted by Gasteiger charge is -2.29. The molecule has 2 aromatic rings. The van der Waals surface area contributed by atoms with Gasteiger partial charge in [-0.2, -0.15) is 5.26 Å². The molecule has 3 rings (SSSR count). The van der Waals surface area contributed by atoms with Crippen LogP contribution in [0.2, 0.25) is 0 Å². The van der Waals surface area contributed by atoms with Crippen molar-refractivity contribution in [2.75, 3.05) is 31.6 Å². The van der Waals surface area contributed by atoms with Gasteiger partial charge in [0.2, 0.25) is 5.91 Å². The number of hydrogen-bond donors (Lipinski definition) is 1. The first kappa shape index (κ1) is 19.7. The molecule has 1 aliphatic heterocycles. The molecular weight excluding hydrogens is 354 g/mol. The van der Waals surface area contributed by atoms with Crippen LogP contribution >= 0.6 is 0 Å². The molecule has 0 radical (unpaired) electrons. The Morgan fingerprint density at radius 3 is 2.36 bits per heavy atom. The number of nitrogens with zero attached hydrogens (tertiary/aromatic N) is 2. The fourth-order valence-corrected chi connectivity index (χ4v) is 3.33. The normalized spacial score (nSPS) is 13.3. The van der Waals surface area contributed by atoms with Crippen LogP contribution in [0.3, 0.4) is 0 Å². The number of nitriles is 1. The second-order valence-electron chi connectivity index (χ2n) is 6.63. The largest absolute Gasteiger partial charge is 0.490 e. The molecule has 1 aliphatic rings. The van der Waals surface area contributed by atoms with Gasteiger partial charge in [-0.1, -0.05) is 0 Å². The summed E-state index contributed by atoms with van der Waals surface area (Å²) in [7, 11) is 0. The predicted molar refractivity (Wildman–Crippen MR) is 108 cm³/mol. The van der Waals surface area contributed by atoms with Crippen molar-refractivity contribution in [1.29, 1.82) is 5.26 Å². The highest BCUT2D eigenvalue weighted by molar-refractivity contribution is 5.92. The molecule has 0 atom stereocenters. The first-order valence-corrected chi connectivity index (χ1v) is 9.56. The van der Waals surface area contributed by atoms with E-state index in [0.29, 0.717) is 37.6 Å². The van der Waals surface area contributed by atoms with E-state index in [4.69, 9.17) is 14.7 Å². The zero-order chi connectivity index (χ0) is 19.9. The topological polar surface area (TPSA) is 74.6 Å². The molecule has 1 amide bonds. The maximum Gasteiger partial charge on any atom is 0.238 e. The van der Waals surface area contributed by atoms with E-state index in [1.165, 1.54) is 11.1 Å². The number of anilines is 1. The summed E-state index contributed by atoms with van der Waals surface area (Å²) < 4.78 is 11.4. The van der Waals surface area contributed by atoms with Gasteiger partial charge in [0.25, 0.3) is 0 Å². The molecule has 0 saturated carbocycles. The second kappa shape index (κ2) is 9.25. The predicted octanol–water partition coefficient (Wildman–Crippen LogP) is 3.35. The van der Waals surface area contributed by atoms with E-state index in [0.717, 1.165) is 24.5 Å². The van der Waals surface area contributed by atoms with Gasteiger partial charge in [-0.15, -0.1) is 0 Å². The molecule has 2 aromatic carbocycles. The number of rotatable bonds is 7. The molecule has 0 saturated heterocycles. The lowest BCUT2D eigenvalue weighted by atomic mass is 9.98. The van der Waals surface area contributed by atoms with Crippen LogP contribution in [-0.2, 0) is 17.8 Å². The van der Waals surface area contributed by atoms with E-state index >= 15 is 0 Å². The van der Waals surface area contributed by atoms with Gasteiger partial charge in [0.1, 0.15) is 0 Å². The van der Waals surface area contributed by atoms with Crippen molar-refractivity contribution in [3.63, 3.8) is 0 Å². The van der Waals surface area contributed by atoms with Crippen molar-refractivity contribution in [3.05, 3.63) is 53.1 Å². The number of nitrogens with one attached hydrogen (secondary N) is 1. The van der Waals surface area contributed by atoms with E-state index < -0.39 is 0 Å². The highest BCUT2D eigenvalue weighted by Gasteiger charge is 2.21. The van der Waals surface area contributed by atoms with E-state index in [1.807, 2.05) is 19.9 Å². The molecule has 0 bridgehead atoms. The summed E-state index contributed by atoms with van der Waals surface area (Å²) in [5, 5.41) is 11.7. The maximum atomic E-state index is 12.4. The summed E-state index contributed by atoms with van der Waals surface area (Å²) >= 11 is 0. The zero-order valence-corrected chi connectivity index (χ0v) is 16.3. The van der Waals surface area contributed by atoms with Crippen LogP contribution in [-0.4, -0.2) is 37.1 Å². The summed E-state index contributed by atoms with van der Waals surface area (Å²) in [6.45, 7) is 6.92. The summed E-state index contributed by atoms with van der Waals surface area (Å²) in [6.07, 6.45) is 0.867. The Morgan fingerprint density at radius 2 is 1.75 bits per heavy atom. The highest BCUT2D eigenvalue weighted by Crippen LogP contribution is 2.33. The minimum Gasteiger partial charge on any atom is -0.490 e. The van der Waals surface area contributed by atoms with E-state index in [9.17, 15) is 4.79 Å². The van der Waals surface area contributed by atoms with Gasteiger partial charge in [-0.3, -0.25) is 9.69 Å². The first-order valence-electron chi connectivity index (χ1n) is 9.56. The third-order valence-electron chi connectivity index (χ3n) is 4.62. The Hall–Kier alpha value is -3.04. The van der Waals surface area contributed by atoms with Crippen LogP contribution in [0.25, 0.3) is 0 Å². The molecule has 6 nitrogen and oxygen atoms in total. The van der Waals surface area contributed by atoms with Gasteiger partial charge in [0.05, 0.1) is 31.4 Å². The zero-order valence-electron chi connectivity index (χ0n) is 16.3. The van der Waals surface area contributed by atoms with Crippen LogP contribution < -0.4 is 14.8 Å². The van der Waals surface area contributed by atoms with Crippen molar-refractivity contribution in [1.82, 2.24) is 4.90 Å². The Balaban J connectivity index is 1.64. The lowest BCUT2D eigenvalue weighted by molar-refractivity contribution is -0.117. The number of benzene rings is 2. The molecule has 28 heavy (non-hydrogen) atoms. The smallest absolute Gasteiger partial charge is 0.238 e. The summed E-state index contributed by atoms with van der Waals surface area (Å²) in [6, 6.07) is 13.0. The highest BCUT2D eigenvalue weighted by atomic mass is 16.5. The van der Waals surface area contributed by atoms with Gasteiger partial charge in [0.15, 0.2) is 11.5 Å². The van der Waals surface area contributed by atoms with Gasteiger partial charge in [-0.25, -0.2) is 0 Å². The van der Waals surface area contributed by atoms with Crippen molar-refractivity contribution in [2.45, 2.75) is 26.8 Å². The van der Waals surface area contributed by atoms with Gasteiger partial charge in [-0.05, 0) is 67.8 Å². The number of carbonyl (C=O) groups is 1. The molecule has 146 valence electrons. The Morgan fingerprint density at radius 1 is 1.11 bits per heavy atom. The van der Waals surface area contributed by atoms with Crippen LogP contribution in [0.5, 0.6) is 11.5 Å². The summed E-state index contributed by atoms with van der Waals surface area (Å²) in [5.74, 6) is 1.48. The lowest BCUT2D eigenvalue weighted by Crippen LogP contribution is -2.37. The Labute approximate surface area is 165 Å². The molecule has 6 heteroatoms. The fraction of sp³-hybridized carbons (Fsp3) is 0.364. The second-order valence-corrected chi connectivity index (χ2v) is 6.63. The molecule has 0 unspecified atom stereocenters. The fourth-order valence-electron chi connectivity index (χ4n) is 3.33. The third kappa shape index (κ3) is 4.81. The molecular formula is C22H25N3O3. The average molecular weight is 379 g/mol. The maximum absolute atomic E-state index is 12.4. The average Bonchev–Trinajstić information content (AvgIpc) is 2.69. The number of fused-ring (bicyclic) bond motifs is 1. The van der Waals surface area contributed by atoms with Crippen LogP contribution in [0.1, 0.15) is 30.5 Å². The monoisotopic (exact) mass is 379 g/mol. The molecule has 0 aromatic heterocycles. The molecule has 0 aliphatic carbocycles. The van der Waals surface area contributed by atoms with Gasteiger partial charge in [0, 0.05) is 18.8 Å². The molecule has 1 heterocycles.